The molecule has 0 saturated heterocycles. The fourth-order valence-electron chi connectivity index (χ4n) is 3.20. The highest BCUT2D eigenvalue weighted by molar-refractivity contribution is 6.13. The fourth-order valence-corrected chi connectivity index (χ4v) is 3.20. The lowest BCUT2D eigenvalue weighted by Gasteiger charge is -2.10. The normalized spacial score (nSPS) is 10.6. The highest BCUT2D eigenvalue weighted by Crippen LogP contribution is 2.32. The molecule has 4 aromatic carbocycles. The van der Waals surface area contributed by atoms with Crippen molar-refractivity contribution in [3.63, 3.8) is 0 Å². The molecule has 0 unspecified atom stereocenters. The van der Waals surface area contributed by atoms with E-state index in [2.05, 4.69) is 0 Å². The molecule has 0 aliphatic carbocycles. The quantitative estimate of drug-likeness (QED) is 0.458. The number of hydrogen-bond donors (Lipinski definition) is 2. The number of rotatable bonds is 4. The zero-order valence-electron chi connectivity index (χ0n) is 15.0. The molecule has 0 atom stereocenters. The summed E-state index contributed by atoms with van der Waals surface area (Å²) >= 11 is 0. The molecule has 2 N–H and O–H groups in total. The number of phenols is 2. The Morgan fingerprint density at radius 2 is 0.893 bits per heavy atom. The van der Waals surface area contributed by atoms with Crippen molar-refractivity contribution in [3.05, 3.63) is 108 Å². The monoisotopic (exact) mass is 366 g/mol. The van der Waals surface area contributed by atoms with Gasteiger partial charge in [-0.2, -0.15) is 0 Å². The summed E-state index contributed by atoms with van der Waals surface area (Å²) < 4.78 is 0. The smallest absolute Gasteiger partial charge is 0.200 e. The van der Waals surface area contributed by atoms with E-state index >= 15 is 0 Å². The molecule has 0 aliphatic heterocycles. The van der Waals surface area contributed by atoms with Crippen LogP contribution in [0.3, 0.4) is 0 Å². The molecule has 0 bridgehead atoms. The zero-order chi connectivity index (χ0) is 19.5. The molecule has 0 heterocycles. The Bertz CT molecular complexity index is 1040. The van der Waals surface area contributed by atoms with E-state index in [0.29, 0.717) is 0 Å². The van der Waals surface area contributed by atoms with Gasteiger partial charge >= 0.3 is 0 Å². The summed E-state index contributed by atoms with van der Waals surface area (Å²) in [6.07, 6.45) is 0. The van der Waals surface area contributed by atoms with Gasteiger partial charge in [0.15, 0.2) is 0 Å². The van der Waals surface area contributed by atoms with Gasteiger partial charge in [0.2, 0.25) is 5.78 Å². The van der Waals surface area contributed by atoms with Crippen molar-refractivity contribution >= 4 is 5.78 Å². The second-order valence-electron chi connectivity index (χ2n) is 6.53. The van der Waals surface area contributed by atoms with Crippen LogP contribution in [0, 0.1) is 0 Å². The molecular weight excluding hydrogens is 348 g/mol. The Labute approximate surface area is 163 Å². The van der Waals surface area contributed by atoms with Crippen LogP contribution in [0.2, 0.25) is 0 Å². The Kier molecular flexibility index (Phi) is 4.65. The Balaban J connectivity index is 1.78. The number of ketones is 1. The van der Waals surface area contributed by atoms with Gasteiger partial charge in [-0.1, -0.05) is 72.8 Å². The van der Waals surface area contributed by atoms with Crippen LogP contribution in [-0.2, 0) is 0 Å². The van der Waals surface area contributed by atoms with Gasteiger partial charge in [0, 0.05) is 0 Å². The van der Waals surface area contributed by atoms with Crippen LogP contribution in [0.4, 0.5) is 0 Å². The molecule has 4 rings (SSSR count). The molecule has 0 saturated carbocycles. The first-order valence-electron chi connectivity index (χ1n) is 8.95. The molecule has 0 radical (unpaired) electrons. The molecule has 0 aliphatic rings. The van der Waals surface area contributed by atoms with E-state index in [9.17, 15) is 15.0 Å². The van der Waals surface area contributed by atoms with E-state index in [1.165, 1.54) is 12.1 Å². The standard InChI is InChI=1S/C25H18O3/c26-23-13-11-19(17-7-3-1-4-8-17)15-21(23)25(28)22-16-20(12-14-24(22)27)18-9-5-2-6-10-18/h1-16,26-27H. The minimum Gasteiger partial charge on any atom is -0.507 e. The molecule has 28 heavy (non-hydrogen) atoms. The topological polar surface area (TPSA) is 57.5 Å². The van der Waals surface area contributed by atoms with Gasteiger partial charge in [-0.25, -0.2) is 0 Å². The number of phenolic OH excluding ortho intramolecular Hbond substituents is 2. The summed E-state index contributed by atoms with van der Waals surface area (Å²) in [6.45, 7) is 0. The van der Waals surface area contributed by atoms with E-state index in [4.69, 9.17) is 0 Å². The summed E-state index contributed by atoms with van der Waals surface area (Å²) in [6, 6.07) is 29.1. The molecule has 0 spiro atoms. The molecule has 0 aromatic heterocycles. The Morgan fingerprint density at radius 1 is 0.500 bits per heavy atom. The van der Waals surface area contributed by atoms with Gasteiger partial charge in [0.25, 0.3) is 0 Å². The van der Waals surface area contributed by atoms with Crippen LogP contribution in [0.5, 0.6) is 11.5 Å². The van der Waals surface area contributed by atoms with Crippen molar-refractivity contribution in [2.45, 2.75) is 0 Å². The second-order valence-corrected chi connectivity index (χ2v) is 6.53. The summed E-state index contributed by atoms with van der Waals surface area (Å²) in [5.74, 6) is -0.658. The van der Waals surface area contributed by atoms with E-state index in [1.54, 1.807) is 24.3 Å². The fraction of sp³-hybridized carbons (Fsp3) is 0. The maximum Gasteiger partial charge on any atom is 0.200 e. The van der Waals surface area contributed by atoms with Crippen molar-refractivity contribution in [2.75, 3.05) is 0 Å². The number of carbonyl (C=O) groups excluding carboxylic acids is 1. The Hall–Kier alpha value is -3.85. The highest BCUT2D eigenvalue weighted by atomic mass is 16.3. The van der Waals surface area contributed by atoms with Crippen molar-refractivity contribution in [2.24, 2.45) is 0 Å². The van der Waals surface area contributed by atoms with Gasteiger partial charge in [-0.05, 0) is 46.5 Å². The molecule has 4 aromatic rings. The first-order chi connectivity index (χ1) is 13.6. The zero-order valence-corrected chi connectivity index (χ0v) is 15.0. The molecule has 3 nitrogen and oxygen atoms in total. The summed E-state index contributed by atoms with van der Waals surface area (Å²) in [4.78, 5) is 13.1. The van der Waals surface area contributed by atoms with E-state index in [-0.39, 0.29) is 22.6 Å². The first kappa shape index (κ1) is 17.6. The second kappa shape index (κ2) is 7.41. The molecule has 136 valence electrons. The van der Waals surface area contributed by atoms with Gasteiger partial charge < -0.3 is 10.2 Å². The third-order valence-electron chi connectivity index (χ3n) is 4.70. The van der Waals surface area contributed by atoms with Crippen LogP contribution >= 0.6 is 0 Å². The molecule has 3 heteroatoms. The lowest BCUT2D eigenvalue weighted by Crippen LogP contribution is -2.03. The van der Waals surface area contributed by atoms with Gasteiger partial charge in [-0.15, -0.1) is 0 Å². The number of aromatic hydroxyl groups is 2. The lowest BCUT2D eigenvalue weighted by molar-refractivity contribution is 0.103. The number of benzene rings is 4. The summed E-state index contributed by atoms with van der Waals surface area (Å²) in [5.41, 5.74) is 3.84. The van der Waals surface area contributed by atoms with Crippen molar-refractivity contribution in [1.29, 1.82) is 0 Å². The SMILES string of the molecule is O=C(c1cc(-c2ccccc2)ccc1O)c1cc(-c2ccccc2)ccc1O. The van der Waals surface area contributed by atoms with Gasteiger partial charge in [-0.3, -0.25) is 4.79 Å². The third kappa shape index (κ3) is 3.38. The minimum atomic E-state index is -0.425. The maximum absolute atomic E-state index is 13.1. The first-order valence-corrected chi connectivity index (χ1v) is 8.95. The van der Waals surface area contributed by atoms with Gasteiger partial charge in [0.1, 0.15) is 11.5 Å². The summed E-state index contributed by atoms with van der Waals surface area (Å²) in [7, 11) is 0. The average molecular weight is 366 g/mol. The Morgan fingerprint density at radius 3 is 1.29 bits per heavy atom. The van der Waals surface area contributed by atoms with E-state index in [1.807, 2.05) is 60.7 Å². The molecular formula is C25H18O3. The van der Waals surface area contributed by atoms with Crippen LogP contribution < -0.4 is 0 Å². The average Bonchev–Trinajstić information content (AvgIpc) is 2.75. The lowest BCUT2D eigenvalue weighted by atomic mass is 9.94. The van der Waals surface area contributed by atoms with Crippen LogP contribution in [0.1, 0.15) is 15.9 Å². The van der Waals surface area contributed by atoms with Gasteiger partial charge in [0.05, 0.1) is 11.1 Å². The van der Waals surface area contributed by atoms with E-state index in [0.717, 1.165) is 22.3 Å². The molecule has 0 amide bonds. The van der Waals surface area contributed by atoms with Crippen LogP contribution in [0.25, 0.3) is 22.3 Å². The van der Waals surface area contributed by atoms with Crippen molar-refractivity contribution < 1.29 is 15.0 Å². The van der Waals surface area contributed by atoms with Crippen LogP contribution in [-0.4, -0.2) is 16.0 Å². The summed E-state index contributed by atoms with van der Waals surface area (Å²) in [5, 5.41) is 20.6. The highest BCUT2D eigenvalue weighted by Gasteiger charge is 2.19. The molecule has 0 fully saturated rings. The number of hydrogen-bond acceptors (Lipinski definition) is 3. The van der Waals surface area contributed by atoms with E-state index < -0.39 is 5.78 Å². The van der Waals surface area contributed by atoms with Crippen molar-refractivity contribution in [3.8, 4) is 33.8 Å². The predicted octanol–water partition coefficient (Wildman–Crippen LogP) is 5.66. The van der Waals surface area contributed by atoms with Crippen LogP contribution in [0.15, 0.2) is 97.1 Å². The maximum atomic E-state index is 13.1. The largest absolute Gasteiger partial charge is 0.507 e. The minimum absolute atomic E-state index is 0.116. The predicted molar refractivity (Wildman–Crippen MR) is 111 cm³/mol. The van der Waals surface area contributed by atoms with Crippen molar-refractivity contribution in [1.82, 2.24) is 0 Å². The third-order valence-corrected chi connectivity index (χ3v) is 4.70. The number of carbonyl (C=O) groups is 1.